The van der Waals surface area contributed by atoms with Crippen LogP contribution in [0.25, 0.3) is 0 Å². The van der Waals surface area contributed by atoms with Crippen molar-refractivity contribution in [3.05, 3.63) is 30.1 Å². The summed E-state index contributed by atoms with van der Waals surface area (Å²) in [6, 6.07) is 6.28. The van der Waals surface area contributed by atoms with Crippen LogP contribution in [0.5, 0.6) is 0 Å². The fourth-order valence-electron chi connectivity index (χ4n) is 1.78. The van der Waals surface area contributed by atoms with Crippen LogP contribution in [-0.2, 0) is 0 Å². The van der Waals surface area contributed by atoms with Crippen molar-refractivity contribution < 1.29 is 13.2 Å². The lowest BCUT2D eigenvalue weighted by atomic mass is 10.1. The molecule has 82 valence electrons. The molecule has 1 aromatic rings. The number of alkyl halides is 2. The Morgan fingerprint density at radius 1 is 1.07 bits per heavy atom. The van der Waals surface area contributed by atoms with E-state index in [9.17, 15) is 13.2 Å². The Hall–Kier alpha value is -1.19. The molecule has 4 heteroatoms. The molecule has 0 atom stereocenters. The van der Waals surface area contributed by atoms with E-state index in [2.05, 4.69) is 0 Å². The van der Waals surface area contributed by atoms with Crippen LogP contribution >= 0.6 is 0 Å². The largest absolute Gasteiger partial charge is 0.369 e. The lowest BCUT2D eigenvalue weighted by Gasteiger charge is -2.33. The van der Waals surface area contributed by atoms with Gasteiger partial charge in [-0.05, 0) is 12.1 Å². The molecule has 2 rings (SSSR count). The summed E-state index contributed by atoms with van der Waals surface area (Å²) in [6.07, 6.45) is -0.386. The number of halogens is 3. The normalized spacial score (nSPS) is 20.3. The van der Waals surface area contributed by atoms with E-state index in [0.29, 0.717) is 5.69 Å². The third-order valence-corrected chi connectivity index (χ3v) is 2.69. The molecule has 0 aromatic heterocycles. The molecule has 0 spiro atoms. The van der Waals surface area contributed by atoms with Crippen LogP contribution in [0.2, 0.25) is 0 Å². The summed E-state index contributed by atoms with van der Waals surface area (Å²) in [5.41, 5.74) is 0.424. The molecule has 15 heavy (non-hydrogen) atoms. The Morgan fingerprint density at radius 2 is 1.67 bits per heavy atom. The van der Waals surface area contributed by atoms with E-state index < -0.39 is 5.92 Å². The molecule has 0 bridgehead atoms. The number of hydrogen-bond acceptors (Lipinski definition) is 1. The fraction of sp³-hybridized carbons (Fsp3) is 0.455. The average molecular weight is 215 g/mol. The third-order valence-electron chi connectivity index (χ3n) is 2.69. The van der Waals surface area contributed by atoms with Crippen molar-refractivity contribution in [3.63, 3.8) is 0 Å². The van der Waals surface area contributed by atoms with Crippen molar-refractivity contribution in [1.29, 1.82) is 0 Å². The summed E-state index contributed by atoms with van der Waals surface area (Å²) in [4.78, 5) is 1.67. The van der Waals surface area contributed by atoms with Gasteiger partial charge in [-0.2, -0.15) is 0 Å². The first-order valence-corrected chi connectivity index (χ1v) is 4.96. The van der Waals surface area contributed by atoms with Gasteiger partial charge in [-0.15, -0.1) is 0 Å². The molecule has 1 aliphatic rings. The first-order valence-electron chi connectivity index (χ1n) is 4.96. The SMILES string of the molecule is Fc1ccccc1N1CCC(F)(F)CC1. The van der Waals surface area contributed by atoms with Crippen LogP contribution < -0.4 is 4.90 Å². The number of piperidine rings is 1. The highest BCUT2D eigenvalue weighted by Crippen LogP contribution is 2.31. The zero-order valence-electron chi connectivity index (χ0n) is 8.22. The van der Waals surface area contributed by atoms with Gasteiger partial charge in [-0.25, -0.2) is 13.2 Å². The number of nitrogens with zero attached hydrogens (tertiary/aromatic N) is 1. The summed E-state index contributed by atoms with van der Waals surface area (Å²) >= 11 is 0. The smallest absolute Gasteiger partial charge is 0.251 e. The van der Waals surface area contributed by atoms with Crippen molar-refractivity contribution >= 4 is 5.69 Å². The van der Waals surface area contributed by atoms with Crippen molar-refractivity contribution in [3.8, 4) is 0 Å². The monoisotopic (exact) mass is 215 g/mol. The minimum Gasteiger partial charge on any atom is -0.369 e. The molecule has 0 N–H and O–H groups in total. The lowest BCUT2D eigenvalue weighted by molar-refractivity contribution is -0.0221. The second-order valence-corrected chi connectivity index (χ2v) is 3.79. The van der Waals surface area contributed by atoms with E-state index in [4.69, 9.17) is 0 Å². The number of hydrogen-bond donors (Lipinski definition) is 0. The highest BCUT2D eigenvalue weighted by atomic mass is 19.3. The maximum atomic E-state index is 13.3. The van der Waals surface area contributed by atoms with E-state index in [1.807, 2.05) is 0 Å². The second-order valence-electron chi connectivity index (χ2n) is 3.79. The molecule has 1 heterocycles. The number of benzene rings is 1. The number of rotatable bonds is 1. The van der Waals surface area contributed by atoms with Crippen LogP contribution in [0.4, 0.5) is 18.9 Å². The molecule has 0 radical (unpaired) electrons. The first-order chi connectivity index (χ1) is 7.08. The molecule has 0 aliphatic carbocycles. The summed E-state index contributed by atoms with van der Waals surface area (Å²) in [5.74, 6) is -2.93. The van der Waals surface area contributed by atoms with Gasteiger partial charge in [0.2, 0.25) is 0 Å². The minimum absolute atomic E-state index is 0.193. The van der Waals surface area contributed by atoms with Gasteiger partial charge >= 0.3 is 0 Å². The van der Waals surface area contributed by atoms with Gasteiger partial charge < -0.3 is 4.90 Å². The average Bonchev–Trinajstić information content (AvgIpc) is 2.19. The van der Waals surface area contributed by atoms with Gasteiger partial charge in [0.1, 0.15) is 5.82 Å². The molecule has 1 nitrogen and oxygen atoms in total. The molecule has 1 saturated heterocycles. The zero-order chi connectivity index (χ0) is 10.9. The standard InChI is InChI=1S/C11H12F3N/c12-9-3-1-2-4-10(9)15-7-5-11(13,14)6-8-15/h1-4H,5-8H2. The van der Waals surface area contributed by atoms with E-state index in [-0.39, 0.29) is 31.7 Å². The summed E-state index contributed by atoms with van der Waals surface area (Å²) in [5, 5.41) is 0. The van der Waals surface area contributed by atoms with Gasteiger partial charge in [-0.1, -0.05) is 12.1 Å². The van der Waals surface area contributed by atoms with Gasteiger partial charge in [0.25, 0.3) is 5.92 Å². The molecule has 1 fully saturated rings. The summed E-state index contributed by atoms with van der Waals surface area (Å²) in [7, 11) is 0. The van der Waals surface area contributed by atoms with Gasteiger partial charge in [0.15, 0.2) is 0 Å². The van der Waals surface area contributed by atoms with Gasteiger partial charge in [-0.3, -0.25) is 0 Å². The quantitative estimate of drug-likeness (QED) is 0.696. The Balaban J connectivity index is 2.11. The highest BCUT2D eigenvalue weighted by Gasteiger charge is 2.34. The van der Waals surface area contributed by atoms with E-state index in [1.165, 1.54) is 6.07 Å². The van der Waals surface area contributed by atoms with Gasteiger partial charge in [0.05, 0.1) is 5.69 Å². The van der Waals surface area contributed by atoms with Crippen LogP contribution in [0.15, 0.2) is 24.3 Å². The molecule has 1 aromatic carbocycles. The van der Waals surface area contributed by atoms with Crippen molar-refractivity contribution in [2.45, 2.75) is 18.8 Å². The van der Waals surface area contributed by atoms with Crippen LogP contribution in [0.3, 0.4) is 0 Å². The predicted octanol–water partition coefficient (Wildman–Crippen LogP) is 3.06. The number of anilines is 1. The molecule has 0 amide bonds. The van der Waals surface area contributed by atoms with Crippen LogP contribution in [0.1, 0.15) is 12.8 Å². The topological polar surface area (TPSA) is 3.24 Å². The fourth-order valence-corrected chi connectivity index (χ4v) is 1.78. The maximum Gasteiger partial charge on any atom is 0.251 e. The van der Waals surface area contributed by atoms with Gasteiger partial charge in [0, 0.05) is 25.9 Å². The predicted molar refractivity (Wildman–Crippen MR) is 52.8 cm³/mol. The Bertz CT molecular complexity index is 341. The molecular formula is C11H12F3N. The highest BCUT2D eigenvalue weighted by molar-refractivity contribution is 5.47. The Labute approximate surface area is 86.5 Å². The van der Waals surface area contributed by atoms with Crippen molar-refractivity contribution in [2.75, 3.05) is 18.0 Å². The summed E-state index contributed by atoms with van der Waals surface area (Å²) < 4.78 is 39.1. The minimum atomic E-state index is -2.58. The Morgan fingerprint density at radius 3 is 2.27 bits per heavy atom. The molecular weight excluding hydrogens is 203 g/mol. The zero-order valence-corrected chi connectivity index (χ0v) is 8.22. The molecule has 1 aliphatic heterocycles. The molecule has 0 unspecified atom stereocenters. The van der Waals surface area contributed by atoms with Crippen molar-refractivity contribution in [1.82, 2.24) is 0 Å². The van der Waals surface area contributed by atoms with Crippen molar-refractivity contribution in [2.24, 2.45) is 0 Å². The van der Waals surface area contributed by atoms with E-state index in [1.54, 1.807) is 23.1 Å². The Kier molecular flexibility index (Phi) is 2.59. The third kappa shape index (κ3) is 2.25. The summed E-state index contributed by atoms with van der Waals surface area (Å²) in [6.45, 7) is 0.432. The van der Waals surface area contributed by atoms with E-state index >= 15 is 0 Å². The van der Waals surface area contributed by atoms with E-state index in [0.717, 1.165) is 0 Å². The van der Waals surface area contributed by atoms with Crippen LogP contribution in [0, 0.1) is 5.82 Å². The maximum absolute atomic E-state index is 13.3. The van der Waals surface area contributed by atoms with Crippen LogP contribution in [-0.4, -0.2) is 19.0 Å². The molecule has 0 saturated carbocycles. The first kappa shape index (κ1) is 10.3. The lowest BCUT2D eigenvalue weighted by Crippen LogP contribution is -2.39. The number of para-hydroxylation sites is 1. The second kappa shape index (κ2) is 3.76.